The molecule has 0 saturated carbocycles. The molecule has 0 aliphatic carbocycles. The number of halogens is 1. The van der Waals surface area contributed by atoms with Gasteiger partial charge in [-0.1, -0.05) is 13.8 Å². The first kappa shape index (κ1) is 16.3. The van der Waals surface area contributed by atoms with Crippen molar-refractivity contribution in [2.45, 2.75) is 24.7 Å². The average molecular weight is 323 g/mol. The predicted molar refractivity (Wildman–Crippen MR) is 84.3 cm³/mol. The number of benzene rings is 2. The van der Waals surface area contributed by atoms with Gasteiger partial charge >= 0.3 is 0 Å². The number of ether oxygens (including phenoxy) is 1. The van der Waals surface area contributed by atoms with Gasteiger partial charge in [-0.2, -0.15) is 0 Å². The van der Waals surface area contributed by atoms with Crippen molar-refractivity contribution in [2.24, 2.45) is 0 Å². The Kier molecular flexibility index (Phi) is 4.71. The van der Waals surface area contributed by atoms with Gasteiger partial charge in [-0.15, -0.1) is 0 Å². The van der Waals surface area contributed by atoms with Crippen molar-refractivity contribution in [1.82, 2.24) is 0 Å². The Morgan fingerprint density at radius 3 is 2.27 bits per heavy atom. The van der Waals surface area contributed by atoms with Gasteiger partial charge in [0.2, 0.25) is 0 Å². The summed E-state index contributed by atoms with van der Waals surface area (Å²) in [5.41, 5.74) is 1.12. The van der Waals surface area contributed by atoms with Gasteiger partial charge in [-0.05, 0) is 53.9 Å². The molecule has 2 aromatic rings. The monoisotopic (exact) mass is 323 g/mol. The van der Waals surface area contributed by atoms with Gasteiger partial charge in [0, 0.05) is 5.69 Å². The molecule has 0 aliphatic rings. The lowest BCUT2D eigenvalue weighted by Gasteiger charge is -2.14. The Balaban J connectivity index is 2.37. The zero-order valence-corrected chi connectivity index (χ0v) is 13.4. The van der Waals surface area contributed by atoms with E-state index < -0.39 is 15.8 Å². The first-order valence-electron chi connectivity index (χ1n) is 6.80. The fourth-order valence-corrected chi connectivity index (χ4v) is 3.16. The molecular weight excluding hydrogens is 305 g/mol. The van der Waals surface area contributed by atoms with Crippen LogP contribution < -0.4 is 9.46 Å². The third-order valence-electron chi connectivity index (χ3n) is 3.23. The fraction of sp³-hybridized carbons (Fsp3) is 0.250. The van der Waals surface area contributed by atoms with E-state index in [-0.39, 0.29) is 10.8 Å². The molecule has 0 aromatic heterocycles. The summed E-state index contributed by atoms with van der Waals surface area (Å²) in [6, 6.07) is 9.86. The van der Waals surface area contributed by atoms with E-state index in [0.717, 1.165) is 5.56 Å². The highest BCUT2D eigenvalue weighted by Gasteiger charge is 2.18. The third kappa shape index (κ3) is 3.57. The minimum Gasteiger partial charge on any atom is -0.496 e. The summed E-state index contributed by atoms with van der Waals surface area (Å²) in [7, 11) is -2.19. The van der Waals surface area contributed by atoms with Gasteiger partial charge in [0.1, 0.15) is 11.6 Å². The van der Waals surface area contributed by atoms with Crippen LogP contribution in [0.2, 0.25) is 0 Å². The largest absolute Gasteiger partial charge is 0.496 e. The van der Waals surface area contributed by atoms with Crippen molar-refractivity contribution in [2.75, 3.05) is 11.8 Å². The Bertz CT molecular complexity index is 755. The van der Waals surface area contributed by atoms with Crippen LogP contribution in [0.25, 0.3) is 0 Å². The molecule has 0 aliphatic heterocycles. The zero-order valence-electron chi connectivity index (χ0n) is 12.6. The number of rotatable bonds is 5. The number of hydrogen-bond acceptors (Lipinski definition) is 3. The Labute approximate surface area is 130 Å². The maximum atomic E-state index is 12.9. The minimum atomic E-state index is -3.74. The van der Waals surface area contributed by atoms with E-state index in [0.29, 0.717) is 11.4 Å². The highest BCUT2D eigenvalue weighted by molar-refractivity contribution is 7.92. The summed E-state index contributed by atoms with van der Waals surface area (Å²) < 4.78 is 45.4. The van der Waals surface area contributed by atoms with E-state index in [9.17, 15) is 12.8 Å². The molecule has 0 fully saturated rings. The molecule has 0 unspecified atom stereocenters. The standard InChI is InChI=1S/C16H18FNO3S/c1-11(2)15-10-14(8-9-16(15)21-3)22(19,20)18-13-6-4-12(17)5-7-13/h4-11,18H,1-3H3. The molecule has 4 nitrogen and oxygen atoms in total. The zero-order chi connectivity index (χ0) is 16.3. The summed E-state index contributed by atoms with van der Waals surface area (Å²) >= 11 is 0. The van der Waals surface area contributed by atoms with E-state index in [1.165, 1.54) is 30.3 Å². The highest BCUT2D eigenvalue weighted by atomic mass is 32.2. The topological polar surface area (TPSA) is 55.4 Å². The highest BCUT2D eigenvalue weighted by Crippen LogP contribution is 2.29. The fourth-order valence-electron chi connectivity index (χ4n) is 2.06. The summed E-state index contributed by atoms with van der Waals surface area (Å²) in [5.74, 6) is 0.348. The second-order valence-corrected chi connectivity index (χ2v) is 6.85. The van der Waals surface area contributed by atoms with Gasteiger partial charge in [-0.25, -0.2) is 12.8 Å². The van der Waals surface area contributed by atoms with Gasteiger partial charge in [0.15, 0.2) is 0 Å². The third-order valence-corrected chi connectivity index (χ3v) is 4.61. The smallest absolute Gasteiger partial charge is 0.261 e. The molecule has 0 spiro atoms. The van der Waals surface area contributed by atoms with Crippen LogP contribution in [-0.4, -0.2) is 15.5 Å². The molecule has 1 N–H and O–H groups in total. The maximum Gasteiger partial charge on any atom is 0.261 e. The number of nitrogens with one attached hydrogen (secondary N) is 1. The molecule has 2 rings (SSSR count). The van der Waals surface area contributed by atoms with Crippen LogP contribution in [0.15, 0.2) is 47.4 Å². The molecule has 0 bridgehead atoms. The molecule has 0 atom stereocenters. The molecule has 6 heteroatoms. The summed E-state index contributed by atoms with van der Waals surface area (Å²) in [5, 5.41) is 0. The van der Waals surface area contributed by atoms with Crippen molar-refractivity contribution in [1.29, 1.82) is 0 Å². The van der Waals surface area contributed by atoms with E-state index in [4.69, 9.17) is 4.74 Å². The molecule has 0 heterocycles. The van der Waals surface area contributed by atoms with Gasteiger partial charge in [0.25, 0.3) is 10.0 Å². The predicted octanol–water partition coefficient (Wildman–Crippen LogP) is 3.76. The summed E-state index contributed by atoms with van der Waals surface area (Å²) in [4.78, 5) is 0.140. The second kappa shape index (κ2) is 6.36. The van der Waals surface area contributed by atoms with Crippen molar-refractivity contribution >= 4 is 15.7 Å². The Hall–Kier alpha value is -2.08. The number of methoxy groups -OCH3 is 1. The van der Waals surface area contributed by atoms with Gasteiger partial charge < -0.3 is 4.74 Å². The van der Waals surface area contributed by atoms with E-state index in [1.807, 2.05) is 13.8 Å². The van der Waals surface area contributed by atoms with Crippen LogP contribution in [0, 0.1) is 5.82 Å². The second-order valence-electron chi connectivity index (χ2n) is 5.17. The van der Waals surface area contributed by atoms with Gasteiger partial charge in [-0.3, -0.25) is 4.72 Å². The van der Waals surface area contributed by atoms with Gasteiger partial charge in [0.05, 0.1) is 12.0 Å². The van der Waals surface area contributed by atoms with Crippen molar-refractivity contribution in [3.05, 3.63) is 53.8 Å². The first-order chi connectivity index (χ1) is 10.3. The van der Waals surface area contributed by atoms with Crippen molar-refractivity contribution in [3.63, 3.8) is 0 Å². The van der Waals surface area contributed by atoms with Crippen LogP contribution in [0.3, 0.4) is 0 Å². The van der Waals surface area contributed by atoms with E-state index >= 15 is 0 Å². The summed E-state index contributed by atoms with van der Waals surface area (Å²) in [6.45, 7) is 3.92. The lowest BCUT2D eigenvalue weighted by molar-refractivity contribution is 0.407. The van der Waals surface area contributed by atoms with Crippen LogP contribution in [0.5, 0.6) is 5.75 Å². The molecule has 118 valence electrons. The van der Waals surface area contributed by atoms with Crippen LogP contribution >= 0.6 is 0 Å². The average Bonchev–Trinajstić information content (AvgIpc) is 2.48. The van der Waals surface area contributed by atoms with Crippen molar-refractivity contribution < 1.29 is 17.5 Å². The minimum absolute atomic E-state index is 0.121. The number of hydrogen-bond donors (Lipinski definition) is 1. The lowest BCUT2D eigenvalue weighted by Crippen LogP contribution is -2.13. The quantitative estimate of drug-likeness (QED) is 0.911. The molecule has 0 saturated heterocycles. The number of sulfonamides is 1. The molecule has 2 aromatic carbocycles. The summed E-state index contributed by atoms with van der Waals surface area (Å²) in [6.07, 6.45) is 0. The Morgan fingerprint density at radius 2 is 1.73 bits per heavy atom. The van der Waals surface area contributed by atoms with Crippen molar-refractivity contribution in [3.8, 4) is 5.75 Å². The SMILES string of the molecule is COc1ccc(S(=O)(=O)Nc2ccc(F)cc2)cc1C(C)C. The van der Waals surface area contributed by atoms with E-state index in [2.05, 4.69) is 4.72 Å². The first-order valence-corrected chi connectivity index (χ1v) is 8.28. The normalized spacial score (nSPS) is 11.5. The number of anilines is 1. The molecule has 22 heavy (non-hydrogen) atoms. The van der Waals surface area contributed by atoms with Crippen LogP contribution in [-0.2, 0) is 10.0 Å². The molecule has 0 amide bonds. The molecule has 0 radical (unpaired) electrons. The van der Waals surface area contributed by atoms with Crippen LogP contribution in [0.4, 0.5) is 10.1 Å². The molecular formula is C16H18FNO3S. The Morgan fingerprint density at radius 1 is 1.09 bits per heavy atom. The maximum absolute atomic E-state index is 12.9. The van der Waals surface area contributed by atoms with Crippen LogP contribution in [0.1, 0.15) is 25.3 Å². The van der Waals surface area contributed by atoms with E-state index in [1.54, 1.807) is 19.2 Å². The lowest BCUT2D eigenvalue weighted by atomic mass is 10.0.